The van der Waals surface area contributed by atoms with E-state index in [2.05, 4.69) is 11.8 Å². The second kappa shape index (κ2) is 5.79. The van der Waals surface area contributed by atoms with E-state index >= 15 is 0 Å². The molecule has 0 atom stereocenters. The maximum atomic E-state index is 10.9. The van der Waals surface area contributed by atoms with Crippen LogP contribution in [0.2, 0.25) is 0 Å². The van der Waals surface area contributed by atoms with Crippen LogP contribution in [0.1, 0.15) is 30.0 Å². The highest BCUT2D eigenvalue weighted by Gasteiger charge is 2.18. The molecule has 20 heavy (non-hydrogen) atoms. The zero-order valence-electron chi connectivity index (χ0n) is 11.8. The zero-order chi connectivity index (χ0) is 14.7. The fourth-order valence-corrected chi connectivity index (χ4v) is 2.81. The fourth-order valence-electron chi connectivity index (χ4n) is 2.81. The van der Waals surface area contributed by atoms with E-state index < -0.39 is 5.97 Å². The van der Waals surface area contributed by atoms with E-state index in [-0.39, 0.29) is 5.57 Å². The number of carbonyl (C=O) groups is 1. The van der Waals surface area contributed by atoms with Crippen LogP contribution in [-0.4, -0.2) is 24.2 Å². The summed E-state index contributed by atoms with van der Waals surface area (Å²) in [6.07, 6.45) is 3.56. The lowest BCUT2D eigenvalue weighted by atomic mass is 9.95. The Morgan fingerprint density at radius 2 is 2.30 bits per heavy atom. The van der Waals surface area contributed by atoms with Crippen LogP contribution < -0.4 is 4.90 Å². The Hall–Kier alpha value is -2.28. The van der Waals surface area contributed by atoms with E-state index in [1.807, 2.05) is 19.1 Å². The second-order valence-electron chi connectivity index (χ2n) is 5.00. The summed E-state index contributed by atoms with van der Waals surface area (Å²) in [6.45, 7) is 6.22. The van der Waals surface area contributed by atoms with Crippen LogP contribution in [0.25, 0.3) is 6.08 Å². The average molecular weight is 270 g/mol. The van der Waals surface area contributed by atoms with Gasteiger partial charge in [0.05, 0.1) is 0 Å². The molecule has 0 aliphatic carbocycles. The monoisotopic (exact) mass is 270 g/mol. The molecule has 1 N–H and O–H groups in total. The molecule has 1 aromatic carbocycles. The van der Waals surface area contributed by atoms with Gasteiger partial charge in [-0.15, -0.1) is 0 Å². The molecule has 0 bridgehead atoms. The van der Waals surface area contributed by atoms with Crippen LogP contribution >= 0.6 is 0 Å². The van der Waals surface area contributed by atoms with Crippen molar-refractivity contribution < 1.29 is 9.90 Å². The molecule has 1 aliphatic rings. The minimum Gasteiger partial charge on any atom is -0.477 e. The van der Waals surface area contributed by atoms with Gasteiger partial charge in [0.2, 0.25) is 0 Å². The van der Waals surface area contributed by atoms with Crippen molar-refractivity contribution >= 4 is 17.7 Å². The lowest BCUT2D eigenvalue weighted by molar-refractivity contribution is -0.132. The summed E-state index contributed by atoms with van der Waals surface area (Å²) in [6, 6.07) is 5.68. The van der Waals surface area contributed by atoms with Crippen LogP contribution in [0, 0.1) is 18.3 Å². The Balaban J connectivity index is 2.48. The fraction of sp³-hybridized carbons (Fsp3) is 0.375. The number of fused-ring (bicyclic) bond motifs is 1. The Morgan fingerprint density at radius 3 is 2.90 bits per heavy atom. The van der Waals surface area contributed by atoms with Crippen molar-refractivity contribution in [3.8, 4) is 6.07 Å². The maximum absolute atomic E-state index is 10.9. The number of hydrogen-bond donors (Lipinski definition) is 1. The summed E-state index contributed by atoms with van der Waals surface area (Å²) in [5.74, 6) is -1.18. The number of aryl methyl sites for hydroxylation is 2. The first-order valence-electron chi connectivity index (χ1n) is 6.80. The Morgan fingerprint density at radius 1 is 1.55 bits per heavy atom. The van der Waals surface area contributed by atoms with Gasteiger partial charge in [0, 0.05) is 18.8 Å². The molecule has 4 nitrogen and oxygen atoms in total. The van der Waals surface area contributed by atoms with E-state index in [0.29, 0.717) is 0 Å². The summed E-state index contributed by atoms with van der Waals surface area (Å²) in [4.78, 5) is 13.3. The minimum atomic E-state index is -1.18. The predicted octanol–water partition coefficient (Wildman–Crippen LogP) is 2.76. The van der Waals surface area contributed by atoms with Crippen LogP contribution in [0.15, 0.2) is 17.7 Å². The summed E-state index contributed by atoms with van der Waals surface area (Å²) >= 11 is 0. The molecule has 104 valence electrons. The van der Waals surface area contributed by atoms with E-state index in [1.54, 1.807) is 6.07 Å². The first-order valence-corrected chi connectivity index (χ1v) is 6.80. The average Bonchev–Trinajstić information content (AvgIpc) is 2.43. The van der Waals surface area contributed by atoms with Gasteiger partial charge in [-0.1, -0.05) is 0 Å². The van der Waals surface area contributed by atoms with Gasteiger partial charge < -0.3 is 10.0 Å². The summed E-state index contributed by atoms with van der Waals surface area (Å²) in [7, 11) is 0. The maximum Gasteiger partial charge on any atom is 0.346 e. The molecule has 0 aromatic heterocycles. The highest BCUT2D eigenvalue weighted by Crippen LogP contribution is 2.32. The number of nitrogens with zero attached hydrogens (tertiary/aromatic N) is 2. The lowest BCUT2D eigenvalue weighted by Crippen LogP contribution is -2.29. The molecule has 0 radical (unpaired) electrons. The van der Waals surface area contributed by atoms with Crippen molar-refractivity contribution in [2.45, 2.75) is 26.7 Å². The second-order valence-corrected chi connectivity index (χ2v) is 5.00. The minimum absolute atomic E-state index is 0.229. The van der Waals surface area contributed by atoms with E-state index in [9.17, 15) is 4.79 Å². The number of benzene rings is 1. The summed E-state index contributed by atoms with van der Waals surface area (Å²) < 4.78 is 0. The Labute approximate surface area is 118 Å². The number of carboxylic acids is 1. The third kappa shape index (κ3) is 2.67. The molecule has 0 saturated carbocycles. The van der Waals surface area contributed by atoms with Gasteiger partial charge in [0.25, 0.3) is 0 Å². The van der Waals surface area contributed by atoms with Crippen molar-refractivity contribution in [2.75, 3.05) is 18.0 Å². The van der Waals surface area contributed by atoms with Crippen LogP contribution in [0.5, 0.6) is 0 Å². The SMILES string of the molecule is CCN1CCCc2cc(/C=C(/C#N)C(=O)O)cc(C)c21. The van der Waals surface area contributed by atoms with Gasteiger partial charge in [-0.3, -0.25) is 0 Å². The highest BCUT2D eigenvalue weighted by atomic mass is 16.4. The summed E-state index contributed by atoms with van der Waals surface area (Å²) in [5.41, 5.74) is 4.21. The number of hydrogen-bond acceptors (Lipinski definition) is 3. The van der Waals surface area contributed by atoms with E-state index in [1.165, 1.54) is 17.3 Å². The van der Waals surface area contributed by atoms with Crippen molar-refractivity contribution in [1.29, 1.82) is 5.26 Å². The van der Waals surface area contributed by atoms with Crippen molar-refractivity contribution in [3.05, 3.63) is 34.4 Å². The number of nitriles is 1. The van der Waals surface area contributed by atoms with Gasteiger partial charge in [-0.25, -0.2) is 4.79 Å². The van der Waals surface area contributed by atoms with Gasteiger partial charge in [-0.05, 0) is 61.6 Å². The molecule has 2 rings (SSSR count). The molecule has 0 spiro atoms. The number of carboxylic acid groups (broad SMARTS) is 1. The van der Waals surface area contributed by atoms with Gasteiger partial charge >= 0.3 is 5.97 Å². The number of rotatable bonds is 3. The molecular weight excluding hydrogens is 252 g/mol. The molecule has 0 fully saturated rings. The van der Waals surface area contributed by atoms with Crippen molar-refractivity contribution in [1.82, 2.24) is 0 Å². The molecule has 0 unspecified atom stereocenters. The molecule has 0 amide bonds. The zero-order valence-corrected chi connectivity index (χ0v) is 11.8. The van der Waals surface area contributed by atoms with E-state index in [4.69, 9.17) is 10.4 Å². The molecule has 1 aliphatic heterocycles. The topological polar surface area (TPSA) is 64.3 Å². The molecular formula is C16H18N2O2. The van der Waals surface area contributed by atoms with Gasteiger partial charge in [-0.2, -0.15) is 5.26 Å². The normalized spacial score (nSPS) is 14.7. The highest BCUT2D eigenvalue weighted by molar-refractivity contribution is 5.96. The Bertz CT molecular complexity index is 612. The molecule has 1 aromatic rings. The van der Waals surface area contributed by atoms with Crippen LogP contribution in [0.3, 0.4) is 0 Å². The van der Waals surface area contributed by atoms with Crippen LogP contribution in [0.4, 0.5) is 5.69 Å². The molecule has 4 heteroatoms. The number of aliphatic carboxylic acids is 1. The van der Waals surface area contributed by atoms with Crippen molar-refractivity contribution in [3.63, 3.8) is 0 Å². The predicted molar refractivity (Wildman–Crippen MR) is 78.6 cm³/mol. The molecule has 1 heterocycles. The van der Waals surface area contributed by atoms with Crippen molar-refractivity contribution in [2.24, 2.45) is 0 Å². The Kier molecular flexibility index (Phi) is 4.09. The van der Waals surface area contributed by atoms with Gasteiger partial charge in [0.15, 0.2) is 0 Å². The number of anilines is 1. The summed E-state index contributed by atoms with van der Waals surface area (Å²) in [5, 5.41) is 17.8. The van der Waals surface area contributed by atoms with E-state index in [0.717, 1.165) is 37.1 Å². The van der Waals surface area contributed by atoms with Crippen LogP contribution in [-0.2, 0) is 11.2 Å². The quantitative estimate of drug-likeness (QED) is 0.677. The van der Waals surface area contributed by atoms with Gasteiger partial charge in [0.1, 0.15) is 11.6 Å². The third-order valence-corrected chi connectivity index (χ3v) is 3.64. The first-order chi connectivity index (χ1) is 9.56. The lowest BCUT2D eigenvalue weighted by Gasteiger charge is -2.32. The standard InChI is InChI=1S/C16H18N2O2/c1-3-18-6-4-5-13-8-12(7-11(2)15(13)18)9-14(10-17)16(19)20/h7-9H,3-6H2,1-2H3,(H,19,20)/b14-9-. The smallest absolute Gasteiger partial charge is 0.346 e. The first kappa shape index (κ1) is 14.1. The molecule has 0 saturated heterocycles. The largest absolute Gasteiger partial charge is 0.477 e. The third-order valence-electron chi connectivity index (χ3n) is 3.64.